The molecule has 0 atom stereocenters. The lowest BCUT2D eigenvalue weighted by Crippen LogP contribution is -1.82. The molecule has 24 heavy (non-hydrogen) atoms. The van der Waals surface area contributed by atoms with Gasteiger partial charge in [0.15, 0.2) is 0 Å². The van der Waals surface area contributed by atoms with Gasteiger partial charge < -0.3 is 0 Å². The van der Waals surface area contributed by atoms with Gasteiger partial charge in [0.25, 0.3) is 0 Å². The Kier molecular flexibility index (Phi) is 20.5. The SMILES string of the molecule is [CH]=C/C=C/C=C/C=C/C=C/CCCCCCCCCCCCCC. The second kappa shape index (κ2) is 21.7. The molecule has 0 aliphatic heterocycles. The monoisotopic (exact) mass is 327 g/mol. The summed E-state index contributed by atoms with van der Waals surface area (Å²) in [6, 6.07) is 0. The van der Waals surface area contributed by atoms with Gasteiger partial charge in [0, 0.05) is 0 Å². The number of unbranched alkanes of at least 4 members (excludes halogenated alkanes) is 12. The smallest absolute Gasteiger partial charge is 0.0348 e. The number of rotatable bonds is 17. The second-order valence-electron chi connectivity index (χ2n) is 6.45. The minimum absolute atomic E-state index is 1.20. The van der Waals surface area contributed by atoms with E-state index in [0.29, 0.717) is 0 Å². The Labute approximate surface area is 152 Å². The number of hydrogen-bond donors (Lipinski definition) is 0. The normalized spacial score (nSPS) is 12.4. The van der Waals surface area contributed by atoms with E-state index in [0.717, 1.165) is 0 Å². The van der Waals surface area contributed by atoms with Gasteiger partial charge in [-0.25, -0.2) is 0 Å². The van der Waals surface area contributed by atoms with E-state index in [1.807, 2.05) is 30.4 Å². The van der Waals surface area contributed by atoms with E-state index < -0.39 is 0 Å². The highest BCUT2D eigenvalue weighted by molar-refractivity contribution is 5.16. The van der Waals surface area contributed by atoms with Gasteiger partial charge in [0.2, 0.25) is 0 Å². The molecule has 0 spiro atoms. The van der Waals surface area contributed by atoms with Crippen LogP contribution in [0.1, 0.15) is 90.4 Å². The lowest BCUT2D eigenvalue weighted by molar-refractivity contribution is 0.545. The van der Waals surface area contributed by atoms with Gasteiger partial charge in [-0.3, -0.25) is 0 Å². The zero-order chi connectivity index (χ0) is 17.6. The van der Waals surface area contributed by atoms with E-state index >= 15 is 0 Å². The van der Waals surface area contributed by atoms with E-state index in [4.69, 9.17) is 6.58 Å². The number of hydrogen-bond acceptors (Lipinski definition) is 0. The van der Waals surface area contributed by atoms with Crippen LogP contribution < -0.4 is 0 Å². The second-order valence-corrected chi connectivity index (χ2v) is 6.45. The molecule has 135 valence electrons. The fourth-order valence-electron chi connectivity index (χ4n) is 2.66. The highest BCUT2D eigenvalue weighted by atomic mass is 14.0. The van der Waals surface area contributed by atoms with Crippen molar-refractivity contribution in [3.8, 4) is 0 Å². The lowest BCUT2D eigenvalue weighted by Gasteiger charge is -2.02. The Morgan fingerprint density at radius 3 is 1.42 bits per heavy atom. The van der Waals surface area contributed by atoms with E-state index in [-0.39, 0.29) is 0 Å². The van der Waals surface area contributed by atoms with Crippen LogP contribution in [0.4, 0.5) is 0 Å². The molecule has 0 N–H and O–H groups in total. The fraction of sp³-hybridized carbons (Fsp3) is 0.583. The molecule has 0 aromatic rings. The highest BCUT2D eigenvalue weighted by Crippen LogP contribution is 2.12. The van der Waals surface area contributed by atoms with E-state index in [2.05, 4.69) is 25.2 Å². The average molecular weight is 328 g/mol. The summed E-state index contributed by atoms with van der Waals surface area (Å²) in [6.45, 7) is 7.52. The molecule has 0 amide bonds. The van der Waals surface area contributed by atoms with Crippen LogP contribution in [0, 0.1) is 6.58 Å². The Bertz CT molecular complexity index is 354. The predicted molar refractivity (Wildman–Crippen MR) is 111 cm³/mol. The van der Waals surface area contributed by atoms with Gasteiger partial charge in [-0.1, -0.05) is 139 Å². The Balaban J connectivity index is 3.23. The standard InChI is InChI=1S/C24H39/c1-3-5-7-9-11-13-15-17-19-21-23-24-22-20-18-16-14-12-10-8-6-4-2/h1,3,5,7,9,11,13,15,17,19H,4,6,8,10,12,14,16,18,20-24H2,2H3/b3-1?,7-5+,11-9+,15-13+,19-17+. The highest BCUT2D eigenvalue weighted by Gasteiger charge is 1.92. The number of allylic oxidation sites excluding steroid dienone is 9. The van der Waals surface area contributed by atoms with Crippen LogP contribution >= 0.6 is 0 Å². The van der Waals surface area contributed by atoms with Crippen LogP contribution in [0.3, 0.4) is 0 Å². The van der Waals surface area contributed by atoms with E-state index in [1.165, 1.54) is 89.5 Å². The van der Waals surface area contributed by atoms with Crippen molar-refractivity contribution in [3.63, 3.8) is 0 Å². The molecular formula is C24H39. The maximum atomic E-state index is 5.23. The molecule has 0 saturated carbocycles. The Hall–Kier alpha value is -1.30. The maximum absolute atomic E-state index is 5.23. The van der Waals surface area contributed by atoms with Gasteiger partial charge >= 0.3 is 0 Å². The lowest BCUT2D eigenvalue weighted by atomic mass is 10.0. The van der Waals surface area contributed by atoms with Gasteiger partial charge in [-0.2, -0.15) is 0 Å². The summed E-state index contributed by atoms with van der Waals surface area (Å²) in [5.41, 5.74) is 0. The van der Waals surface area contributed by atoms with Gasteiger partial charge in [-0.15, -0.1) is 0 Å². The molecule has 0 unspecified atom stereocenters. The third-order valence-electron chi connectivity index (χ3n) is 4.14. The molecule has 0 aromatic heterocycles. The van der Waals surface area contributed by atoms with E-state index in [9.17, 15) is 0 Å². The molecule has 0 aromatic carbocycles. The van der Waals surface area contributed by atoms with E-state index in [1.54, 1.807) is 0 Å². The van der Waals surface area contributed by atoms with Crippen LogP contribution in [-0.2, 0) is 0 Å². The first-order valence-electron chi connectivity index (χ1n) is 10.1. The van der Waals surface area contributed by atoms with Crippen LogP contribution in [0.2, 0.25) is 0 Å². The molecule has 0 bridgehead atoms. The molecule has 0 fully saturated rings. The summed E-state index contributed by atoms with van der Waals surface area (Å²) in [5.74, 6) is 0. The van der Waals surface area contributed by atoms with Crippen molar-refractivity contribution >= 4 is 0 Å². The van der Waals surface area contributed by atoms with Crippen molar-refractivity contribution < 1.29 is 0 Å². The molecule has 0 heteroatoms. The molecule has 0 heterocycles. The molecule has 0 aliphatic carbocycles. The third kappa shape index (κ3) is 20.7. The van der Waals surface area contributed by atoms with Crippen LogP contribution in [0.15, 0.2) is 54.7 Å². The molecule has 0 saturated heterocycles. The summed E-state index contributed by atoms with van der Waals surface area (Å²) >= 11 is 0. The zero-order valence-corrected chi connectivity index (χ0v) is 16.0. The topological polar surface area (TPSA) is 0 Å². The molecular weight excluding hydrogens is 288 g/mol. The molecule has 0 aliphatic rings. The largest absolute Gasteiger partial charge is 0.0845 e. The summed E-state index contributed by atoms with van der Waals surface area (Å²) < 4.78 is 0. The Morgan fingerprint density at radius 2 is 0.917 bits per heavy atom. The van der Waals surface area contributed by atoms with Gasteiger partial charge in [-0.05, 0) is 12.8 Å². The summed E-state index contributed by atoms with van der Waals surface area (Å²) in [6.07, 6.45) is 36.0. The maximum Gasteiger partial charge on any atom is -0.0348 e. The van der Waals surface area contributed by atoms with Crippen LogP contribution in [0.25, 0.3) is 0 Å². The van der Waals surface area contributed by atoms with Gasteiger partial charge in [0.05, 0.1) is 0 Å². The average Bonchev–Trinajstić information content (AvgIpc) is 2.60. The van der Waals surface area contributed by atoms with Crippen LogP contribution in [-0.4, -0.2) is 0 Å². The summed E-state index contributed by atoms with van der Waals surface area (Å²) in [5, 5.41) is 0. The molecule has 1 radical (unpaired) electrons. The van der Waals surface area contributed by atoms with Gasteiger partial charge in [0.1, 0.15) is 0 Å². The Morgan fingerprint density at radius 1 is 0.500 bits per heavy atom. The minimum atomic E-state index is 1.20. The van der Waals surface area contributed by atoms with Crippen molar-refractivity contribution in [2.24, 2.45) is 0 Å². The first-order valence-corrected chi connectivity index (χ1v) is 10.1. The minimum Gasteiger partial charge on any atom is -0.0845 e. The molecule has 0 rings (SSSR count). The predicted octanol–water partition coefficient (Wildman–Crippen LogP) is 8.29. The quantitative estimate of drug-likeness (QED) is 0.186. The van der Waals surface area contributed by atoms with Crippen molar-refractivity contribution in [2.45, 2.75) is 90.4 Å². The summed E-state index contributed by atoms with van der Waals surface area (Å²) in [7, 11) is 0. The first-order chi connectivity index (χ1) is 11.9. The first kappa shape index (κ1) is 22.7. The molecule has 0 nitrogen and oxygen atoms in total. The van der Waals surface area contributed by atoms with Crippen molar-refractivity contribution in [1.82, 2.24) is 0 Å². The van der Waals surface area contributed by atoms with Crippen molar-refractivity contribution in [3.05, 3.63) is 61.3 Å². The fourth-order valence-corrected chi connectivity index (χ4v) is 2.66. The summed E-state index contributed by atoms with van der Waals surface area (Å²) in [4.78, 5) is 0. The van der Waals surface area contributed by atoms with Crippen LogP contribution in [0.5, 0.6) is 0 Å². The van der Waals surface area contributed by atoms with Crippen molar-refractivity contribution in [1.29, 1.82) is 0 Å². The zero-order valence-electron chi connectivity index (χ0n) is 16.0. The third-order valence-corrected chi connectivity index (χ3v) is 4.14. The van der Waals surface area contributed by atoms with Crippen molar-refractivity contribution in [2.75, 3.05) is 0 Å².